The monoisotopic (exact) mass is 829 g/mol. The van der Waals surface area contributed by atoms with Crippen LogP contribution in [0, 0.1) is 0 Å². The first-order chi connectivity index (χ1) is 32.2. The Balaban J connectivity index is 1.04. The first-order valence-corrected chi connectivity index (χ1v) is 22.3. The Bertz CT molecular complexity index is 3540. The average Bonchev–Trinajstić information content (AvgIpc) is 3.69. The van der Waals surface area contributed by atoms with Crippen LogP contribution in [0.4, 0.5) is 34.1 Å². The second-order valence-electron chi connectivity index (χ2n) is 16.9. The van der Waals surface area contributed by atoms with Gasteiger partial charge in [-0.25, -0.2) is 0 Å². The summed E-state index contributed by atoms with van der Waals surface area (Å²) in [5, 5.41) is 2.31. The van der Waals surface area contributed by atoms with E-state index in [0.717, 1.165) is 73.2 Å². The second kappa shape index (κ2) is 15.1. The summed E-state index contributed by atoms with van der Waals surface area (Å²) in [5.74, 6) is 1.77. The van der Waals surface area contributed by atoms with Crippen molar-refractivity contribution in [1.82, 2.24) is 4.57 Å². The molecule has 0 amide bonds. The van der Waals surface area contributed by atoms with Crippen LogP contribution in [0.5, 0.6) is 11.5 Å². The van der Waals surface area contributed by atoms with Gasteiger partial charge in [0.05, 0.1) is 11.0 Å². The Morgan fingerprint density at radius 3 is 1.63 bits per heavy atom. The van der Waals surface area contributed by atoms with E-state index in [1.54, 1.807) is 0 Å². The largest absolute Gasteiger partial charge is 0.458 e. The lowest BCUT2D eigenvalue weighted by atomic mass is 9.34. The topological polar surface area (TPSA) is 20.6 Å². The molecule has 304 valence electrons. The van der Waals surface area contributed by atoms with Crippen molar-refractivity contribution >= 4 is 79.0 Å². The molecular formula is C60H40BN3O. The molecule has 5 heteroatoms. The normalized spacial score (nSPS) is 12.4. The summed E-state index contributed by atoms with van der Waals surface area (Å²) in [4.78, 5) is 4.78. The van der Waals surface area contributed by atoms with Crippen molar-refractivity contribution in [2.24, 2.45) is 0 Å². The minimum Gasteiger partial charge on any atom is -0.458 e. The summed E-state index contributed by atoms with van der Waals surface area (Å²) in [6, 6.07) is 87.5. The fourth-order valence-electron chi connectivity index (χ4n) is 10.3. The lowest BCUT2D eigenvalue weighted by molar-refractivity contribution is 0.488. The lowest BCUT2D eigenvalue weighted by Gasteiger charge is -2.40. The molecule has 2 aliphatic rings. The van der Waals surface area contributed by atoms with Gasteiger partial charge < -0.3 is 19.1 Å². The first kappa shape index (κ1) is 37.1. The third-order valence-corrected chi connectivity index (χ3v) is 13.2. The summed E-state index contributed by atoms with van der Waals surface area (Å²) < 4.78 is 9.55. The number of ether oxygens (including phenoxy) is 1. The zero-order valence-corrected chi connectivity index (χ0v) is 35.4. The van der Waals surface area contributed by atoms with Gasteiger partial charge in [-0.2, -0.15) is 0 Å². The van der Waals surface area contributed by atoms with Gasteiger partial charge in [0.15, 0.2) is 0 Å². The Labute approximate surface area is 378 Å². The van der Waals surface area contributed by atoms with E-state index in [4.69, 9.17) is 4.74 Å². The van der Waals surface area contributed by atoms with Crippen molar-refractivity contribution in [3.63, 3.8) is 0 Å². The van der Waals surface area contributed by atoms with Crippen LogP contribution in [0.3, 0.4) is 0 Å². The summed E-state index contributed by atoms with van der Waals surface area (Å²) in [5.41, 5.74) is 18.3. The Kier molecular flexibility index (Phi) is 8.60. The second-order valence-corrected chi connectivity index (χ2v) is 16.9. The maximum absolute atomic E-state index is 7.12. The molecule has 0 spiro atoms. The van der Waals surface area contributed by atoms with Crippen LogP contribution in [0.25, 0.3) is 49.7 Å². The fraction of sp³-hybridized carbons (Fsp3) is 0. The van der Waals surface area contributed by atoms with Crippen LogP contribution in [0.15, 0.2) is 243 Å². The van der Waals surface area contributed by atoms with Crippen molar-refractivity contribution in [2.45, 2.75) is 0 Å². The number of nitrogens with zero attached hydrogens (tertiary/aromatic N) is 3. The summed E-state index contributed by atoms with van der Waals surface area (Å²) in [6.07, 6.45) is 0. The fourth-order valence-corrected chi connectivity index (χ4v) is 10.3. The van der Waals surface area contributed by atoms with Gasteiger partial charge in [-0.05, 0) is 130 Å². The molecule has 0 N–H and O–H groups in total. The number of hydrogen-bond acceptors (Lipinski definition) is 3. The predicted octanol–water partition coefficient (Wildman–Crippen LogP) is 14.0. The highest BCUT2D eigenvalue weighted by Gasteiger charge is 2.42. The molecule has 0 aliphatic carbocycles. The quantitative estimate of drug-likeness (QED) is 0.149. The molecule has 65 heavy (non-hydrogen) atoms. The molecule has 13 rings (SSSR count). The van der Waals surface area contributed by atoms with Crippen LogP contribution in [-0.2, 0) is 0 Å². The van der Waals surface area contributed by atoms with E-state index in [1.807, 2.05) is 0 Å². The molecule has 0 bridgehead atoms. The highest BCUT2D eigenvalue weighted by atomic mass is 16.5. The smallest absolute Gasteiger partial charge is 0.256 e. The molecule has 2 aliphatic heterocycles. The lowest BCUT2D eigenvalue weighted by Crippen LogP contribution is -2.59. The number of benzene rings is 10. The van der Waals surface area contributed by atoms with E-state index in [2.05, 4.69) is 257 Å². The van der Waals surface area contributed by atoms with Gasteiger partial charge in [-0.3, -0.25) is 0 Å². The molecule has 1 aromatic heterocycles. The van der Waals surface area contributed by atoms with E-state index in [0.29, 0.717) is 0 Å². The molecular weight excluding hydrogens is 789 g/mol. The standard InChI is InChI=1S/C60H40BN3O/c1-6-18-41(19-7-1)43-22-16-29-48(36-43)64-54-30-17-31-58-60(54)61(52-35-32-44(37-57(52)64)42-20-8-2-9-21-42)53-40-56-51(39-59(53)65-58)50-34-33-49(38-55(50)63(56)47-27-14-5-15-28-47)62(45-23-10-3-11-24-45)46-25-12-4-13-26-46/h1-40H. The van der Waals surface area contributed by atoms with Crippen LogP contribution in [0.1, 0.15) is 0 Å². The molecule has 0 saturated heterocycles. The van der Waals surface area contributed by atoms with Crippen molar-refractivity contribution in [1.29, 1.82) is 0 Å². The van der Waals surface area contributed by atoms with Crippen LogP contribution in [-0.4, -0.2) is 11.3 Å². The summed E-state index contributed by atoms with van der Waals surface area (Å²) in [7, 11) is 0. The number of fused-ring (bicyclic) bond motifs is 7. The first-order valence-electron chi connectivity index (χ1n) is 22.3. The van der Waals surface area contributed by atoms with Gasteiger partial charge in [-0.1, -0.05) is 152 Å². The number of rotatable bonds is 7. The van der Waals surface area contributed by atoms with Crippen molar-refractivity contribution in [2.75, 3.05) is 9.80 Å². The van der Waals surface area contributed by atoms with Crippen LogP contribution < -0.4 is 30.9 Å². The third kappa shape index (κ3) is 6.08. The van der Waals surface area contributed by atoms with E-state index < -0.39 is 0 Å². The molecule has 0 fully saturated rings. The van der Waals surface area contributed by atoms with Crippen molar-refractivity contribution in [3.8, 4) is 39.4 Å². The Hall–Kier alpha value is -8.54. The van der Waals surface area contributed by atoms with Gasteiger partial charge in [-0.15, -0.1) is 0 Å². The molecule has 11 aromatic rings. The molecule has 0 unspecified atom stereocenters. The highest BCUT2D eigenvalue weighted by molar-refractivity contribution is 6.99. The number of aromatic nitrogens is 1. The molecule has 0 radical (unpaired) electrons. The maximum Gasteiger partial charge on any atom is 0.256 e. The van der Waals surface area contributed by atoms with E-state index in [9.17, 15) is 0 Å². The molecule has 4 nitrogen and oxygen atoms in total. The van der Waals surface area contributed by atoms with Gasteiger partial charge in [0, 0.05) is 50.6 Å². The highest BCUT2D eigenvalue weighted by Crippen LogP contribution is 2.45. The average molecular weight is 830 g/mol. The van der Waals surface area contributed by atoms with Crippen molar-refractivity contribution < 1.29 is 4.74 Å². The van der Waals surface area contributed by atoms with Crippen LogP contribution in [0.2, 0.25) is 0 Å². The van der Waals surface area contributed by atoms with Gasteiger partial charge in [0.2, 0.25) is 0 Å². The summed E-state index contributed by atoms with van der Waals surface area (Å²) in [6.45, 7) is -0.0767. The van der Waals surface area contributed by atoms with Gasteiger partial charge in [0.1, 0.15) is 11.5 Å². The molecule has 10 aromatic carbocycles. The minimum atomic E-state index is -0.0767. The number of hydrogen-bond donors (Lipinski definition) is 0. The van der Waals surface area contributed by atoms with Gasteiger partial charge in [0.25, 0.3) is 6.71 Å². The van der Waals surface area contributed by atoms with Crippen LogP contribution >= 0.6 is 0 Å². The number of para-hydroxylation sites is 3. The Morgan fingerprint density at radius 1 is 0.354 bits per heavy atom. The van der Waals surface area contributed by atoms with Gasteiger partial charge >= 0.3 is 0 Å². The minimum absolute atomic E-state index is 0.0767. The predicted molar refractivity (Wildman–Crippen MR) is 272 cm³/mol. The molecule has 3 heterocycles. The molecule has 0 atom stereocenters. The maximum atomic E-state index is 7.12. The van der Waals surface area contributed by atoms with E-state index in [1.165, 1.54) is 38.6 Å². The molecule has 0 saturated carbocycles. The van der Waals surface area contributed by atoms with E-state index in [-0.39, 0.29) is 6.71 Å². The zero-order chi connectivity index (χ0) is 42.8. The summed E-state index contributed by atoms with van der Waals surface area (Å²) >= 11 is 0. The SMILES string of the molecule is c1ccc(-c2cccc(N3c4cc(-c5ccccc5)ccc4B4c5cc6c(cc5Oc5cccc3c54)c3ccc(N(c4ccccc4)c4ccccc4)cc3n6-c3ccccc3)c2)cc1. The van der Waals surface area contributed by atoms with Crippen molar-refractivity contribution in [3.05, 3.63) is 243 Å². The zero-order valence-electron chi connectivity index (χ0n) is 35.4. The number of anilines is 6. The van der Waals surface area contributed by atoms with E-state index >= 15 is 0 Å². The Morgan fingerprint density at radius 2 is 0.938 bits per heavy atom. The third-order valence-electron chi connectivity index (χ3n) is 13.2.